The Morgan fingerprint density at radius 2 is 2.05 bits per heavy atom. The van der Waals surface area contributed by atoms with Gasteiger partial charge in [-0.25, -0.2) is 0 Å². The Labute approximate surface area is 124 Å². The van der Waals surface area contributed by atoms with Gasteiger partial charge in [-0.15, -0.1) is 0 Å². The second kappa shape index (κ2) is 7.11. The SMILES string of the molecule is Cc1ccccc1OCCC(=O)OC(C)C(=O)NC1CC1. The van der Waals surface area contributed by atoms with E-state index in [-0.39, 0.29) is 25.0 Å². The van der Waals surface area contributed by atoms with E-state index < -0.39 is 12.1 Å². The van der Waals surface area contributed by atoms with Crippen molar-refractivity contribution < 1.29 is 19.1 Å². The smallest absolute Gasteiger partial charge is 0.310 e. The summed E-state index contributed by atoms with van der Waals surface area (Å²) in [6.45, 7) is 3.76. The van der Waals surface area contributed by atoms with E-state index in [1.807, 2.05) is 31.2 Å². The molecule has 21 heavy (non-hydrogen) atoms. The van der Waals surface area contributed by atoms with Gasteiger partial charge in [-0.1, -0.05) is 18.2 Å². The number of esters is 1. The first-order valence-electron chi connectivity index (χ1n) is 7.24. The van der Waals surface area contributed by atoms with Crippen LogP contribution in [-0.2, 0) is 14.3 Å². The lowest BCUT2D eigenvalue weighted by molar-refractivity contribution is -0.155. The second-order valence-corrected chi connectivity index (χ2v) is 5.28. The van der Waals surface area contributed by atoms with E-state index in [2.05, 4.69) is 5.32 Å². The number of nitrogens with one attached hydrogen (secondary N) is 1. The van der Waals surface area contributed by atoms with E-state index >= 15 is 0 Å². The Bertz CT molecular complexity index is 511. The highest BCUT2D eigenvalue weighted by Crippen LogP contribution is 2.19. The summed E-state index contributed by atoms with van der Waals surface area (Å²) in [4.78, 5) is 23.3. The molecule has 1 saturated carbocycles. The highest BCUT2D eigenvalue weighted by Gasteiger charge is 2.27. The van der Waals surface area contributed by atoms with Crippen molar-refractivity contribution in [3.8, 4) is 5.75 Å². The van der Waals surface area contributed by atoms with Gasteiger partial charge in [-0.05, 0) is 38.3 Å². The maximum Gasteiger partial charge on any atom is 0.310 e. The zero-order valence-electron chi connectivity index (χ0n) is 12.4. The van der Waals surface area contributed by atoms with E-state index in [0.29, 0.717) is 0 Å². The number of carbonyl (C=O) groups is 2. The van der Waals surface area contributed by atoms with Gasteiger partial charge in [0.25, 0.3) is 5.91 Å². The van der Waals surface area contributed by atoms with Crippen LogP contribution in [0, 0.1) is 6.92 Å². The van der Waals surface area contributed by atoms with E-state index in [4.69, 9.17) is 9.47 Å². The Kier molecular flexibility index (Phi) is 5.20. The molecule has 0 aromatic heterocycles. The number of rotatable bonds is 7. The molecule has 1 aromatic carbocycles. The summed E-state index contributed by atoms with van der Waals surface area (Å²) in [6, 6.07) is 7.87. The monoisotopic (exact) mass is 291 g/mol. The van der Waals surface area contributed by atoms with Crippen LogP contribution in [0.3, 0.4) is 0 Å². The maximum absolute atomic E-state index is 11.7. The molecule has 1 aliphatic rings. The van der Waals surface area contributed by atoms with Crippen LogP contribution in [0.25, 0.3) is 0 Å². The van der Waals surface area contributed by atoms with Gasteiger partial charge in [0.1, 0.15) is 5.75 Å². The molecular weight excluding hydrogens is 270 g/mol. The molecule has 1 aliphatic carbocycles. The maximum atomic E-state index is 11.7. The van der Waals surface area contributed by atoms with Crippen LogP contribution in [-0.4, -0.2) is 30.6 Å². The third-order valence-electron chi connectivity index (χ3n) is 3.26. The van der Waals surface area contributed by atoms with Crippen LogP contribution >= 0.6 is 0 Å². The van der Waals surface area contributed by atoms with E-state index in [1.54, 1.807) is 6.92 Å². The third kappa shape index (κ3) is 5.10. The summed E-state index contributed by atoms with van der Waals surface area (Å²) >= 11 is 0. The minimum atomic E-state index is -0.753. The number of carbonyl (C=O) groups excluding carboxylic acids is 2. The lowest BCUT2D eigenvalue weighted by Crippen LogP contribution is -2.37. The van der Waals surface area contributed by atoms with Gasteiger partial charge in [0.2, 0.25) is 0 Å². The first-order chi connectivity index (χ1) is 10.1. The lowest BCUT2D eigenvalue weighted by Gasteiger charge is -2.13. The quantitative estimate of drug-likeness (QED) is 0.780. The van der Waals surface area contributed by atoms with Crippen molar-refractivity contribution in [2.24, 2.45) is 0 Å². The predicted molar refractivity (Wildman–Crippen MR) is 78.0 cm³/mol. The van der Waals surface area contributed by atoms with Crippen molar-refractivity contribution in [1.82, 2.24) is 5.32 Å². The van der Waals surface area contributed by atoms with Crippen molar-refractivity contribution in [3.05, 3.63) is 29.8 Å². The molecule has 0 heterocycles. The highest BCUT2D eigenvalue weighted by atomic mass is 16.5. The molecule has 5 nitrogen and oxygen atoms in total. The Balaban J connectivity index is 1.67. The number of amides is 1. The fourth-order valence-corrected chi connectivity index (χ4v) is 1.82. The minimum Gasteiger partial charge on any atom is -0.493 e. The summed E-state index contributed by atoms with van der Waals surface area (Å²) in [5, 5.41) is 2.80. The van der Waals surface area contributed by atoms with E-state index in [9.17, 15) is 9.59 Å². The molecule has 114 valence electrons. The zero-order chi connectivity index (χ0) is 15.2. The van der Waals surface area contributed by atoms with Crippen molar-refractivity contribution in [3.63, 3.8) is 0 Å². The van der Waals surface area contributed by atoms with E-state index in [0.717, 1.165) is 24.2 Å². The van der Waals surface area contributed by atoms with Crippen LogP contribution in [0.15, 0.2) is 24.3 Å². The highest BCUT2D eigenvalue weighted by molar-refractivity contribution is 5.83. The molecule has 1 N–H and O–H groups in total. The number of hydrogen-bond donors (Lipinski definition) is 1. The molecular formula is C16H21NO4. The largest absolute Gasteiger partial charge is 0.493 e. The molecule has 0 aliphatic heterocycles. The molecule has 2 rings (SSSR count). The molecule has 1 aromatic rings. The molecule has 5 heteroatoms. The molecule has 1 atom stereocenters. The molecule has 0 bridgehead atoms. The van der Waals surface area contributed by atoms with Gasteiger partial charge in [0.15, 0.2) is 6.10 Å². The Hall–Kier alpha value is -2.04. The topological polar surface area (TPSA) is 64.6 Å². The summed E-state index contributed by atoms with van der Waals surface area (Å²) < 4.78 is 10.6. The molecule has 1 fully saturated rings. The fourth-order valence-electron chi connectivity index (χ4n) is 1.82. The first kappa shape index (κ1) is 15.4. The van der Waals surface area contributed by atoms with Gasteiger partial charge in [0.05, 0.1) is 13.0 Å². The van der Waals surface area contributed by atoms with Crippen LogP contribution < -0.4 is 10.1 Å². The number of benzene rings is 1. The summed E-state index contributed by atoms with van der Waals surface area (Å²) in [7, 11) is 0. The van der Waals surface area contributed by atoms with Crippen molar-refractivity contribution in [1.29, 1.82) is 0 Å². The zero-order valence-corrected chi connectivity index (χ0v) is 12.4. The molecule has 1 unspecified atom stereocenters. The van der Waals surface area contributed by atoms with Crippen molar-refractivity contribution in [2.45, 2.75) is 45.3 Å². The predicted octanol–water partition coefficient (Wildman–Crippen LogP) is 1.97. The second-order valence-electron chi connectivity index (χ2n) is 5.28. The summed E-state index contributed by atoms with van der Waals surface area (Å²) in [6.07, 6.45) is 1.39. The van der Waals surface area contributed by atoms with Gasteiger partial charge >= 0.3 is 5.97 Å². The number of para-hydroxylation sites is 1. The normalized spacial score (nSPS) is 15.1. The molecule has 0 radical (unpaired) electrons. The van der Waals surface area contributed by atoms with E-state index in [1.165, 1.54) is 0 Å². The van der Waals surface area contributed by atoms with Crippen LogP contribution in [0.1, 0.15) is 31.7 Å². The standard InChI is InChI=1S/C16H21NO4/c1-11-5-3-4-6-14(11)20-10-9-15(18)21-12(2)16(19)17-13-7-8-13/h3-6,12-13H,7-10H2,1-2H3,(H,17,19). The van der Waals surface area contributed by atoms with Crippen molar-refractivity contribution in [2.75, 3.05) is 6.61 Å². The van der Waals surface area contributed by atoms with Gasteiger partial charge in [-0.3, -0.25) is 9.59 Å². The summed E-state index contributed by atoms with van der Waals surface area (Å²) in [5.74, 6) is 0.0949. The van der Waals surface area contributed by atoms with Crippen molar-refractivity contribution >= 4 is 11.9 Å². The third-order valence-corrected chi connectivity index (χ3v) is 3.26. The first-order valence-corrected chi connectivity index (χ1v) is 7.24. The summed E-state index contributed by atoms with van der Waals surface area (Å²) in [5.41, 5.74) is 1.02. The molecule has 0 spiro atoms. The van der Waals surface area contributed by atoms with Crippen LogP contribution in [0.4, 0.5) is 0 Å². The fraction of sp³-hybridized carbons (Fsp3) is 0.500. The molecule has 1 amide bonds. The lowest BCUT2D eigenvalue weighted by atomic mass is 10.2. The van der Waals surface area contributed by atoms with Crippen LogP contribution in [0.5, 0.6) is 5.75 Å². The van der Waals surface area contributed by atoms with Gasteiger partial charge in [-0.2, -0.15) is 0 Å². The minimum absolute atomic E-state index is 0.120. The number of ether oxygens (including phenoxy) is 2. The number of aryl methyl sites for hydroxylation is 1. The average Bonchev–Trinajstić information content (AvgIpc) is 3.24. The molecule has 0 saturated heterocycles. The average molecular weight is 291 g/mol. The Morgan fingerprint density at radius 1 is 1.33 bits per heavy atom. The number of hydrogen-bond acceptors (Lipinski definition) is 4. The Morgan fingerprint density at radius 3 is 2.71 bits per heavy atom. The van der Waals surface area contributed by atoms with Gasteiger partial charge in [0, 0.05) is 6.04 Å². The van der Waals surface area contributed by atoms with Gasteiger partial charge < -0.3 is 14.8 Å². The van der Waals surface area contributed by atoms with Crippen LogP contribution in [0.2, 0.25) is 0 Å².